The van der Waals surface area contributed by atoms with Gasteiger partial charge in [-0.15, -0.1) is 0 Å². The van der Waals surface area contributed by atoms with E-state index in [-0.39, 0.29) is 11.9 Å². The molecule has 0 aromatic heterocycles. The molecule has 0 aliphatic rings. The number of hydrogen-bond donors (Lipinski definition) is 1. The molecule has 0 heterocycles. The summed E-state index contributed by atoms with van der Waals surface area (Å²) >= 11 is 0. The van der Waals surface area contributed by atoms with E-state index in [1.165, 1.54) is 0 Å². The van der Waals surface area contributed by atoms with Gasteiger partial charge in [-0.1, -0.05) is 13.0 Å². The lowest BCUT2D eigenvalue weighted by Gasteiger charge is -2.27. The Balaban J connectivity index is 3.05. The van der Waals surface area contributed by atoms with Gasteiger partial charge in [0.15, 0.2) is 0 Å². The summed E-state index contributed by atoms with van der Waals surface area (Å²) in [5.74, 6) is 0.0756. The van der Waals surface area contributed by atoms with Gasteiger partial charge in [-0.25, -0.2) is 0 Å². The summed E-state index contributed by atoms with van der Waals surface area (Å²) in [4.78, 5) is 14.3. The predicted octanol–water partition coefficient (Wildman–Crippen LogP) is 2.84. The lowest BCUT2D eigenvalue weighted by molar-refractivity contribution is 0.0705. The van der Waals surface area contributed by atoms with Crippen LogP contribution < -0.4 is 5.73 Å². The van der Waals surface area contributed by atoms with E-state index in [2.05, 4.69) is 6.92 Å². The molecule has 2 N–H and O–H groups in total. The van der Waals surface area contributed by atoms with Gasteiger partial charge in [0.25, 0.3) is 5.91 Å². The zero-order valence-corrected chi connectivity index (χ0v) is 11.2. The molecular formula is C14H22N2O. The molecule has 0 atom stereocenters. The van der Waals surface area contributed by atoms with Crippen molar-refractivity contribution in [3.8, 4) is 0 Å². The Labute approximate surface area is 104 Å². The second-order valence-corrected chi connectivity index (χ2v) is 4.61. The third-order valence-electron chi connectivity index (χ3n) is 2.95. The normalized spacial score (nSPS) is 10.6. The largest absolute Gasteiger partial charge is 0.398 e. The first-order valence-corrected chi connectivity index (χ1v) is 6.15. The Morgan fingerprint density at radius 1 is 1.41 bits per heavy atom. The molecule has 0 radical (unpaired) electrons. The Morgan fingerprint density at radius 3 is 2.59 bits per heavy atom. The van der Waals surface area contributed by atoms with Crippen LogP contribution in [-0.2, 0) is 0 Å². The zero-order valence-electron chi connectivity index (χ0n) is 11.2. The molecule has 0 aliphatic heterocycles. The number of nitrogen functional groups attached to an aromatic ring is 1. The summed E-state index contributed by atoms with van der Waals surface area (Å²) in [6.45, 7) is 8.83. The molecule has 1 aromatic carbocycles. The highest BCUT2D eigenvalue weighted by Gasteiger charge is 2.19. The predicted molar refractivity (Wildman–Crippen MR) is 72.1 cm³/mol. The van der Waals surface area contributed by atoms with Gasteiger partial charge < -0.3 is 10.6 Å². The van der Waals surface area contributed by atoms with E-state index in [0.717, 1.165) is 18.5 Å². The van der Waals surface area contributed by atoms with Crippen LogP contribution in [0.1, 0.15) is 43.1 Å². The average molecular weight is 234 g/mol. The second kappa shape index (κ2) is 5.71. The average Bonchev–Trinajstić information content (AvgIpc) is 2.28. The van der Waals surface area contributed by atoms with Gasteiger partial charge in [-0.2, -0.15) is 0 Å². The van der Waals surface area contributed by atoms with Crippen molar-refractivity contribution in [2.45, 2.75) is 40.2 Å². The number of nitrogens with zero attached hydrogens (tertiary/aromatic N) is 1. The minimum absolute atomic E-state index is 0.0756. The Hall–Kier alpha value is -1.51. The van der Waals surface area contributed by atoms with Crippen molar-refractivity contribution < 1.29 is 4.79 Å². The van der Waals surface area contributed by atoms with E-state index < -0.39 is 0 Å². The maximum Gasteiger partial charge on any atom is 0.254 e. The van der Waals surface area contributed by atoms with Crippen LogP contribution in [0.4, 0.5) is 5.69 Å². The molecule has 94 valence electrons. The van der Waals surface area contributed by atoms with E-state index in [0.29, 0.717) is 11.3 Å². The van der Waals surface area contributed by atoms with E-state index in [4.69, 9.17) is 5.73 Å². The van der Waals surface area contributed by atoms with Gasteiger partial charge >= 0.3 is 0 Å². The fraction of sp³-hybridized carbons (Fsp3) is 0.500. The molecule has 1 amide bonds. The van der Waals surface area contributed by atoms with Crippen molar-refractivity contribution in [1.29, 1.82) is 0 Å². The highest BCUT2D eigenvalue weighted by Crippen LogP contribution is 2.18. The molecule has 0 bridgehead atoms. The van der Waals surface area contributed by atoms with Crippen LogP contribution in [0.3, 0.4) is 0 Å². The van der Waals surface area contributed by atoms with Crippen LogP contribution in [-0.4, -0.2) is 23.4 Å². The molecule has 0 saturated heterocycles. The highest BCUT2D eigenvalue weighted by molar-refractivity contribution is 5.97. The maximum absolute atomic E-state index is 12.4. The number of rotatable bonds is 4. The quantitative estimate of drug-likeness (QED) is 0.814. The van der Waals surface area contributed by atoms with E-state index in [1.807, 2.05) is 43.9 Å². The van der Waals surface area contributed by atoms with Gasteiger partial charge in [0.1, 0.15) is 0 Å². The van der Waals surface area contributed by atoms with Crippen molar-refractivity contribution in [2.75, 3.05) is 12.3 Å². The molecule has 3 nitrogen and oxygen atoms in total. The van der Waals surface area contributed by atoms with Crippen LogP contribution >= 0.6 is 0 Å². The van der Waals surface area contributed by atoms with Gasteiger partial charge in [0, 0.05) is 23.8 Å². The zero-order chi connectivity index (χ0) is 13.0. The van der Waals surface area contributed by atoms with E-state index in [9.17, 15) is 4.79 Å². The van der Waals surface area contributed by atoms with Gasteiger partial charge in [-0.05, 0) is 44.9 Å². The van der Waals surface area contributed by atoms with Crippen LogP contribution in [0.5, 0.6) is 0 Å². The highest BCUT2D eigenvalue weighted by atomic mass is 16.2. The fourth-order valence-corrected chi connectivity index (χ4v) is 1.88. The fourth-order valence-electron chi connectivity index (χ4n) is 1.88. The molecule has 0 unspecified atom stereocenters. The van der Waals surface area contributed by atoms with Gasteiger partial charge in [-0.3, -0.25) is 4.79 Å². The first kappa shape index (κ1) is 13.6. The summed E-state index contributed by atoms with van der Waals surface area (Å²) in [6.07, 6.45) is 0.964. The standard InChI is InChI=1S/C14H22N2O/c1-5-9-16(10(2)3)14(17)12-7-6-8-13(15)11(12)4/h6-8,10H,5,9,15H2,1-4H3. The molecule has 0 spiro atoms. The smallest absolute Gasteiger partial charge is 0.254 e. The molecule has 3 heteroatoms. The number of benzene rings is 1. The molecule has 17 heavy (non-hydrogen) atoms. The van der Waals surface area contributed by atoms with Crippen LogP contribution in [0.25, 0.3) is 0 Å². The van der Waals surface area contributed by atoms with Crippen LogP contribution in [0.2, 0.25) is 0 Å². The number of amides is 1. The number of nitrogens with two attached hydrogens (primary N) is 1. The Bertz CT molecular complexity index is 399. The summed E-state index contributed by atoms with van der Waals surface area (Å²) in [5.41, 5.74) is 8.10. The van der Waals surface area contributed by atoms with Crippen molar-refractivity contribution in [1.82, 2.24) is 4.90 Å². The summed E-state index contributed by atoms with van der Waals surface area (Å²) in [7, 11) is 0. The van der Waals surface area contributed by atoms with Crippen molar-refractivity contribution >= 4 is 11.6 Å². The Morgan fingerprint density at radius 2 is 2.06 bits per heavy atom. The summed E-state index contributed by atoms with van der Waals surface area (Å²) in [6, 6.07) is 5.72. The van der Waals surface area contributed by atoms with Crippen LogP contribution in [0, 0.1) is 6.92 Å². The molecule has 0 aliphatic carbocycles. The van der Waals surface area contributed by atoms with Crippen molar-refractivity contribution in [3.63, 3.8) is 0 Å². The second-order valence-electron chi connectivity index (χ2n) is 4.61. The molecular weight excluding hydrogens is 212 g/mol. The molecule has 0 fully saturated rings. The van der Waals surface area contributed by atoms with E-state index in [1.54, 1.807) is 0 Å². The first-order valence-electron chi connectivity index (χ1n) is 6.15. The topological polar surface area (TPSA) is 46.3 Å². The summed E-state index contributed by atoms with van der Waals surface area (Å²) in [5, 5.41) is 0. The van der Waals surface area contributed by atoms with Gasteiger partial charge in [0.2, 0.25) is 0 Å². The number of anilines is 1. The number of carbonyl (C=O) groups is 1. The third-order valence-corrected chi connectivity index (χ3v) is 2.95. The Kier molecular flexibility index (Phi) is 4.55. The lowest BCUT2D eigenvalue weighted by Crippen LogP contribution is -2.37. The maximum atomic E-state index is 12.4. The lowest BCUT2D eigenvalue weighted by atomic mass is 10.0. The minimum atomic E-state index is 0.0756. The molecule has 1 aromatic rings. The third kappa shape index (κ3) is 2.99. The molecule has 0 saturated carbocycles. The van der Waals surface area contributed by atoms with Crippen LogP contribution in [0.15, 0.2) is 18.2 Å². The number of hydrogen-bond acceptors (Lipinski definition) is 2. The van der Waals surface area contributed by atoms with Crippen molar-refractivity contribution in [2.24, 2.45) is 0 Å². The van der Waals surface area contributed by atoms with Crippen molar-refractivity contribution in [3.05, 3.63) is 29.3 Å². The number of carbonyl (C=O) groups excluding carboxylic acids is 1. The first-order chi connectivity index (χ1) is 7.99. The van der Waals surface area contributed by atoms with E-state index >= 15 is 0 Å². The monoisotopic (exact) mass is 234 g/mol. The minimum Gasteiger partial charge on any atom is -0.398 e. The SMILES string of the molecule is CCCN(C(=O)c1cccc(N)c1C)C(C)C. The molecule has 1 rings (SSSR count). The summed E-state index contributed by atoms with van der Waals surface area (Å²) < 4.78 is 0. The van der Waals surface area contributed by atoms with Gasteiger partial charge in [0.05, 0.1) is 0 Å².